The molecule has 5 aliphatic rings. The highest BCUT2D eigenvalue weighted by atomic mass is 19.4. The van der Waals surface area contributed by atoms with E-state index in [0.29, 0.717) is 55.0 Å². The van der Waals surface area contributed by atoms with Crippen LogP contribution in [0.1, 0.15) is 75.5 Å². The highest BCUT2D eigenvalue weighted by Crippen LogP contribution is 2.46. The molecular formula is C36H41F3N6O2. The van der Waals surface area contributed by atoms with E-state index >= 15 is 0 Å². The third kappa shape index (κ3) is 5.59. The van der Waals surface area contributed by atoms with Crippen molar-refractivity contribution < 1.29 is 23.1 Å². The Kier molecular flexibility index (Phi) is 7.74. The Bertz CT molecular complexity index is 1580. The predicted octanol–water partition coefficient (Wildman–Crippen LogP) is 5.81. The number of carbonyl (C=O) groups is 1. The monoisotopic (exact) mass is 646 g/mol. The van der Waals surface area contributed by atoms with Crippen LogP contribution in [-0.4, -0.2) is 79.1 Å². The molecule has 8 rings (SSSR count). The molecule has 1 aliphatic carbocycles. The van der Waals surface area contributed by atoms with Crippen LogP contribution < -0.4 is 4.90 Å². The third-order valence-corrected chi connectivity index (χ3v) is 11.8. The van der Waals surface area contributed by atoms with Gasteiger partial charge in [-0.3, -0.25) is 14.7 Å². The number of carbonyl (C=O) groups excluding carboxylic acids is 1. The lowest BCUT2D eigenvalue weighted by atomic mass is 9.79. The summed E-state index contributed by atoms with van der Waals surface area (Å²) in [5.74, 6) is 0.788. The largest absolute Gasteiger partial charge is 0.416 e. The summed E-state index contributed by atoms with van der Waals surface area (Å²) in [5, 5.41) is 11.6. The fourth-order valence-electron chi connectivity index (χ4n) is 9.54. The number of pyridine rings is 1. The van der Waals surface area contributed by atoms with E-state index < -0.39 is 17.3 Å². The van der Waals surface area contributed by atoms with E-state index in [-0.39, 0.29) is 30.0 Å². The number of hydrogen-bond donors (Lipinski definition) is 1. The first-order valence-corrected chi connectivity index (χ1v) is 17.2. The van der Waals surface area contributed by atoms with E-state index in [9.17, 15) is 23.1 Å². The number of hydrogen-bond acceptors (Lipinski definition) is 7. The third-order valence-electron chi connectivity index (χ3n) is 11.8. The van der Waals surface area contributed by atoms with Gasteiger partial charge >= 0.3 is 6.18 Å². The topological polar surface area (TPSA) is 85.7 Å². The number of aromatic nitrogens is 3. The molecule has 6 heterocycles. The molecule has 1 N–H and O–H groups in total. The van der Waals surface area contributed by atoms with Gasteiger partial charge in [-0.25, -0.2) is 9.97 Å². The van der Waals surface area contributed by atoms with Gasteiger partial charge in [0.05, 0.1) is 11.3 Å². The van der Waals surface area contributed by atoms with Crippen molar-refractivity contribution >= 4 is 11.6 Å². The average Bonchev–Trinajstić information content (AvgIpc) is 3.77. The second kappa shape index (κ2) is 11.8. The summed E-state index contributed by atoms with van der Waals surface area (Å²) in [5.41, 5.74) is 0.574. The lowest BCUT2D eigenvalue weighted by Crippen LogP contribution is -2.50. The first kappa shape index (κ1) is 30.7. The van der Waals surface area contributed by atoms with E-state index in [4.69, 9.17) is 0 Å². The Hall–Kier alpha value is -3.57. The summed E-state index contributed by atoms with van der Waals surface area (Å²) >= 11 is 0. The normalized spacial score (nSPS) is 32.5. The number of likely N-dealkylation sites (tertiary alicyclic amines) is 2. The predicted molar refractivity (Wildman–Crippen MR) is 170 cm³/mol. The zero-order valence-corrected chi connectivity index (χ0v) is 26.4. The molecule has 0 radical (unpaired) electrons. The van der Waals surface area contributed by atoms with E-state index in [2.05, 4.69) is 29.7 Å². The summed E-state index contributed by atoms with van der Waals surface area (Å²) in [6, 6.07) is 12.4. The smallest absolute Gasteiger partial charge is 0.384 e. The van der Waals surface area contributed by atoms with Crippen LogP contribution in [0.25, 0.3) is 11.4 Å². The van der Waals surface area contributed by atoms with Crippen LogP contribution in [0.2, 0.25) is 0 Å². The standard InChI is InChI=1S/C36H41F3N6O2/c37-36(38,39)25-3-1-4-27(21-25)45-28-6-7-29(45)20-24(19-28)34(46)44-18-12-30-31(44)11-17-43(30)26-9-13-35(47,14-10-26)32-8-5-23(22-42-32)33-40-15-2-16-41-33/h1-5,8,15-16,21-22,24,26,28-31,47H,6-7,9-14,17-20H2/t24?,26?,28?,29?,30-,31-,35?/m0/s1. The van der Waals surface area contributed by atoms with E-state index in [0.717, 1.165) is 63.2 Å². The maximum Gasteiger partial charge on any atom is 0.416 e. The molecule has 47 heavy (non-hydrogen) atoms. The quantitative estimate of drug-likeness (QED) is 0.375. The molecular weight excluding hydrogens is 605 g/mol. The van der Waals surface area contributed by atoms with Crippen molar-refractivity contribution in [3.63, 3.8) is 0 Å². The second-order valence-electron chi connectivity index (χ2n) is 14.3. The van der Waals surface area contributed by atoms with Crippen LogP contribution in [0.15, 0.2) is 61.1 Å². The molecule has 1 aromatic carbocycles. The first-order chi connectivity index (χ1) is 22.7. The average molecular weight is 647 g/mol. The summed E-state index contributed by atoms with van der Waals surface area (Å²) in [6.45, 7) is 1.73. The van der Waals surface area contributed by atoms with E-state index in [1.165, 1.54) is 12.1 Å². The van der Waals surface area contributed by atoms with Crippen molar-refractivity contribution in [3.05, 3.63) is 72.3 Å². The first-order valence-electron chi connectivity index (χ1n) is 17.2. The van der Waals surface area contributed by atoms with Gasteiger partial charge in [-0.05, 0) is 101 Å². The molecule has 4 aliphatic heterocycles. The highest BCUT2D eigenvalue weighted by molar-refractivity contribution is 5.80. The van der Waals surface area contributed by atoms with Crippen molar-refractivity contribution in [2.75, 3.05) is 18.0 Å². The van der Waals surface area contributed by atoms with Gasteiger partial charge in [0.15, 0.2) is 5.82 Å². The summed E-state index contributed by atoms with van der Waals surface area (Å²) in [6.07, 6.45) is 9.03. The van der Waals surface area contributed by atoms with Crippen LogP contribution in [-0.2, 0) is 16.6 Å². The van der Waals surface area contributed by atoms with Gasteiger partial charge in [-0.2, -0.15) is 13.2 Å². The van der Waals surface area contributed by atoms with Gasteiger partial charge in [0.25, 0.3) is 0 Å². The Morgan fingerprint density at radius 1 is 0.830 bits per heavy atom. The van der Waals surface area contributed by atoms with Gasteiger partial charge < -0.3 is 14.9 Å². The maximum absolute atomic E-state index is 14.0. The molecule has 2 unspecified atom stereocenters. The number of aliphatic hydroxyl groups is 1. The number of alkyl halides is 3. The molecule has 248 valence electrons. The second-order valence-corrected chi connectivity index (χ2v) is 14.3. The van der Waals surface area contributed by atoms with Gasteiger partial charge in [-0.1, -0.05) is 6.07 Å². The van der Waals surface area contributed by atoms with Crippen LogP contribution in [0, 0.1) is 5.92 Å². The fraction of sp³-hybridized carbons (Fsp3) is 0.556. The molecule has 3 aromatic rings. The number of fused-ring (bicyclic) bond motifs is 3. The molecule has 4 saturated heterocycles. The molecule has 1 amide bonds. The van der Waals surface area contributed by atoms with Crippen LogP contribution in [0.3, 0.4) is 0 Å². The number of halogens is 3. The molecule has 8 nitrogen and oxygen atoms in total. The Balaban J connectivity index is 0.880. The van der Waals surface area contributed by atoms with Gasteiger partial charge in [0.2, 0.25) is 5.91 Å². The lowest BCUT2D eigenvalue weighted by molar-refractivity contribution is -0.138. The number of piperidine rings is 1. The SMILES string of the molecule is O=C(C1CC2CCC(C1)N2c1cccc(C(F)(F)F)c1)N1CC[C@H]2[C@@H]1CCN2C1CCC(O)(c2ccc(-c3ncccn3)cn2)CC1. The number of anilines is 1. The minimum absolute atomic E-state index is 0.0700. The number of benzene rings is 1. The molecule has 2 aromatic heterocycles. The highest BCUT2D eigenvalue weighted by Gasteiger charge is 2.51. The minimum atomic E-state index is -4.37. The van der Waals surface area contributed by atoms with Crippen molar-refractivity contribution in [1.29, 1.82) is 0 Å². The van der Waals surface area contributed by atoms with Crippen LogP contribution in [0.4, 0.5) is 18.9 Å². The number of amides is 1. The molecule has 2 bridgehead atoms. The van der Waals surface area contributed by atoms with Crippen molar-refractivity contribution in [3.8, 4) is 11.4 Å². The Morgan fingerprint density at radius 2 is 1.55 bits per heavy atom. The molecule has 11 heteroatoms. The Morgan fingerprint density at radius 3 is 2.23 bits per heavy atom. The maximum atomic E-state index is 14.0. The van der Waals surface area contributed by atoms with Gasteiger partial charge in [0.1, 0.15) is 5.60 Å². The summed E-state index contributed by atoms with van der Waals surface area (Å²) in [4.78, 5) is 34.1. The molecule has 5 fully saturated rings. The van der Waals surface area contributed by atoms with Gasteiger partial charge in [0, 0.05) is 79.1 Å². The van der Waals surface area contributed by atoms with E-state index in [1.54, 1.807) is 30.7 Å². The minimum Gasteiger partial charge on any atom is -0.384 e. The summed E-state index contributed by atoms with van der Waals surface area (Å²) < 4.78 is 40.2. The van der Waals surface area contributed by atoms with Crippen molar-refractivity contribution in [2.45, 2.75) is 106 Å². The molecule has 1 saturated carbocycles. The molecule has 0 spiro atoms. The van der Waals surface area contributed by atoms with Crippen molar-refractivity contribution in [2.24, 2.45) is 5.92 Å². The lowest BCUT2D eigenvalue weighted by Gasteiger charge is -2.42. The fourth-order valence-corrected chi connectivity index (χ4v) is 9.54. The van der Waals surface area contributed by atoms with Gasteiger partial charge in [-0.15, -0.1) is 0 Å². The van der Waals surface area contributed by atoms with Crippen LogP contribution >= 0.6 is 0 Å². The number of nitrogens with zero attached hydrogens (tertiary/aromatic N) is 6. The van der Waals surface area contributed by atoms with Crippen LogP contribution in [0.5, 0.6) is 0 Å². The van der Waals surface area contributed by atoms with E-state index in [1.807, 2.05) is 12.1 Å². The summed E-state index contributed by atoms with van der Waals surface area (Å²) in [7, 11) is 0. The molecule has 4 atom stereocenters. The zero-order valence-electron chi connectivity index (χ0n) is 26.4. The zero-order chi connectivity index (χ0) is 32.3. The Labute approximate surface area is 273 Å². The number of rotatable bonds is 5. The van der Waals surface area contributed by atoms with Crippen molar-refractivity contribution in [1.82, 2.24) is 24.8 Å².